The summed E-state index contributed by atoms with van der Waals surface area (Å²) in [5, 5.41) is 20.9. The highest BCUT2D eigenvalue weighted by molar-refractivity contribution is 7.99. The smallest absolute Gasteiger partial charge is 0.191 e. The lowest BCUT2D eigenvalue weighted by Gasteiger charge is -2.30. The van der Waals surface area contributed by atoms with Gasteiger partial charge in [0.1, 0.15) is 23.8 Å². The van der Waals surface area contributed by atoms with Crippen LogP contribution in [0.15, 0.2) is 24.1 Å². The number of hydrogen-bond donors (Lipinski definition) is 3. The monoisotopic (exact) mass is 459 g/mol. The summed E-state index contributed by atoms with van der Waals surface area (Å²) in [7, 11) is -5.25. The molecule has 166 valence electrons. The van der Waals surface area contributed by atoms with E-state index in [4.69, 9.17) is 10.5 Å². The topological polar surface area (TPSA) is 192 Å². The number of anilines is 1. The fourth-order valence-electron chi connectivity index (χ4n) is 2.98. The van der Waals surface area contributed by atoms with Crippen molar-refractivity contribution in [2.24, 2.45) is 0 Å². The summed E-state index contributed by atoms with van der Waals surface area (Å²) < 4.78 is 21.7. The fraction of sp³-hybridized carbons (Fsp3) is 0.562. The Labute approximate surface area is 176 Å². The summed E-state index contributed by atoms with van der Waals surface area (Å²) in [6, 6.07) is 0. The van der Waals surface area contributed by atoms with Crippen LogP contribution >= 0.6 is 19.6 Å². The number of phosphoric ester groups is 1. The Balaban J connectivity index is 1.78. The largest absolute Gasteiger partial charge is 0.790 e. The lowest BCUT2D eigenvalue weighted by atomic mass is 10.1. The molecule has 4 unspecified atom stereocenters. The van der Waals surface area contributed by atoms with Crippen molar-refractivity contribution in [1.29, 1.82) is 0 Å². The predicted molar refractivity (Wildman–Crippen MR) is 104 cm³/mol. The normalized spacial score (nSPS) is 24.5. The predicted octanol–water partition coefficient (Wildman–Crippen LogP) is -0.679. The van der Waals surface area contributed by atoms with E-state index in [2.05, 4.69) is 26.1 Å². The summed E-state index contributed by atoms with van der Waals surface area (Å²) >= 11 is 1.42. The van der Waals surface area contributed by atoms with E-state index < -0.39 is 39.0 Å². The number of nitrogen functional groups attached to an aromatic ring is 1. The molecule has 30 heavy (non-hydrogen) atoms. The number of phosphoric acid groups is 1. The Morgan fingerprint density at radius 1 is 1.37 bits per heavy atom. The second-order valence-electron chi connectivity index (χ2n) is 6.64. The maximum atomic E-state index is 10.7. The number of fused-ring (bicyclic) bond motifs is 1. The molecule has 1 saturated heterocycles. The van der Waals surface area contributed by atoms with Crippen LogP contribution in [0.4, 0.5) is 5.82 Å². The summed E-state index contributed by atoms with van der Waals surface area (Å²) in [4.78, 5) is 34.2. The first kappa shape index (κ1) is 23.1. The van der Waals surface area contributed by atoms with Gasteiger partial charge in [-0.15, -0.1) is 6.58 Å². The zero-order chi connectivity index (χ0) is 21.9. The number of allylic oxidation sites excluding steroid dienone is 1. The summed E-state index contributed by atoms with van der Waals surface area (Å²) in [5.41, 5.74) is 6.55. The maximum Gasteiger partial charge on any atom is 0.191 e. The van der Waals surface area contributed by atoms with Crippen LogP contribution in [0.25, 0.3) is 11.2 Å². The van der Waals surface area contributed by atoms with E-state index in [-0.39, 0.29) is 11.5 Å². The molecule has 2 aromatic heterocycles. The molecule has 14 heteroatoms. The van der Waals surface area contributed by atoms with Gasteiger partial charge >= 0.3 is 0 Å². The van der Waals surface area contributed by atoms with Crippen molar-refractivity contribution in [1.82, 2.24) is 19.5 Å². The molecule has 0 radical (unpaired) electrons. The van der Waals surface area contributed by atoms with Gasteiger partial charge < -0.3 is 39.6 Å². The minimum atomic E-state index is -5.25. The Morgan fingerprint density at radius 3 is 2.83 bits per heavy atom. The van der Waals surface area contributed by atoms with Crippen molar-refractivity contribution in [3.8, 4) is 0 Å². The van der Waals surface area contributed by atoms with Gasteiger partial charge in [0.15, 0.2) is 22.8 Å². The first-order valence-corrected chi connectivity index (χ1v) is 11.6. The number of unbranched alkanes of at least 4 members (excludes halogenated alkanes) is 2. The molecule has 3 heterocycles. The van der Waals surface area contributed by atoms with Crippen LogP contribution in [0.3, 0.4) is 0 Å². The first-order valence-electron chi connectivity index (χ1n) is 9.13. The highest BCUT2D eigenvalue weighted by Crippen LogP contribution is 2.35. The van der Waals surface area contributed by atoms with Gasteiger partial charge in [0.05, 0.1) is 20.8 Å². The molecule has 0 saturated carbocycles. The van der Waals surface area contributed by atoms with Crippen LogP contribution in [-0.2, 0) is 13.8 Å². The number of nitrogens with two attached hydrogens (primary N) is 1. The van der Waals surface area contributed by atoms with Crippen LogP contribution in [0.1, 0.15) is 25.5 Å². The quantitative estimate of drug-likeness (QED) is 0.133. The van der Waals surface area contributed by atoms with Gasteiger partial charge in [-0.1, -0.05) is 17.8 Å². The zero-order valence-corrected chi connectivity index (χ0v) is 17.6. The van der Waals surface area contributed by atoms with Crippen molar-refractivity contribution in [3.05, 3.63) is 19.0 Å². The van der Waals surface area contributed by atoms with Crippen molar-refractivity contribution in [2.75, 3.05) is 18.1 Å². The Bertz CT molecular complexity index is 938. The zero-order valence-electron chi connectivity index (χ0n) is 15.9. The number of nitrogens with zero attached hydrogens (tertiary/aromatic N) is 4. The van der Waals surface area contributed by atoms with Crippen molar-refractivity contribution < 1.29 is 33.8 Å². The molecular weight excluding hydrogens is 437 g/mol. The molecule has 12 nitrogen and oxygen atoms in total. The maximum absolute atomic E-state index is 10.7. The summed E-state index contributed by atoms with van der Waals surface area (Å²) in [6.45, 7) is 2.96. The molecule has 2 aromatic rings. The second-order valence-corrected chi connectivity index (χ2v) is 8.85. The number of thioether (sulfide) groups is 1. The molecule has 1 aliphatic rings. The molecule has 0 aromatic carbocycles. The molecule has 4 N–H and O–H groups in total. The van der Waals surface area contributed by atoms with E-state index in [9.17, 15) is 24.6 Å². The number of imidazole rings is 1. The lowest BCUT2D eigenvalue weighted by molar-refractivity contribution is -0.343. The van der Waals surface area contributed by atoms with Crippen LogP contribution in [0.2, 0.25) is 0 Å². The molecule has 1 fully saturated rings. The second kappa shape index (κ2) is 9.71. The third-order valence-electron chi connectivity index (χ3n) is 4.47. The van der Waals surface area contributed by atoms with Crippen LogP contribution in [0, 0.1) is 0 Å². The van der Waals surface area contributed by atoms with Crippen molar-refractivity contribution in [2.45, 2.75) is 49.0 Å². The fourth-order valence-corrected chi connectivity index (χ4v) is 4.16. The third kappa shape index (κ3) is 5.37. The molecule has 0 spiro atoms. The Morgan fingerprint density at radius 2 is 2.13 bits per heavy atom. The molecule has 0 aliphatic carbocycles. The average Bonchev–Trinajstić information content (AvgIpc) is 3.21. The van der Waals surface area contributed by atoms with Gasteiger partial charge in [-0.3, -0.25) is 4.57 Å². The molecular formula is C16H22N5O7PS-2. The minimum absolute atomic E-state index is 0.152. The van der Waals surface area contributed by atoms with E-state index >= 15 is 0 Å². The number of rotatable bonds is 10. The van der Waals surface area contributed by atoms with Crippen LogP contribution in [-0.4, -0.2) is 60.4 Å². The molecule has 3 rings (SSSR count). The van der Waals surface area contributed by atoms with Crippen molar-refractivity contribution in [3.63, 3.8) is 0 Å². The van der Waals surface area contributed by atoms with E-state index in [0.29, 0.717) is 10.7 Å². The van der Waals surface area contributed by atoms with Gasteiger partial charge in [-0.2, -0.15) is 0 Å². The molecule has 0 bridgehead atoms. The van der Waals surface area contributed by atoms with E-state index in [0.717, 1.165) is 25.0 Å². The SMILES string of the molecule is C=CCCCCSc1nc(N)c2ncn(C3OC(COP(=O)([O-])[O-])C(O)C3O)c2n1. The summed E-state index contributed by atoms with van der Waals surface area (Å²) in [5.74, 6) is 0.928. The standard InChI is InChI=1S/C16H24N5O7PS/c1-2-3-4-5-6-30-16-19-13(17)10-14(20-16)21(8-18-10)15-12(23)11(22)9(28-15)7-27-29(24,25)26/h2,8-9,11-12,15,22-23H,1,3-7H2,(H2,17,19,20)(H2,24,25,26)/p-2. The third-order valence-corrected chi connectivity index (χ3v) is 5.87. The minimum Gasteiger partial charge on any atom is -0.790 e. The number of aliphatic hydroxyl groups excluding tert-OH is 2. The van der Waals surface area contributed by atoms with Gasteiger partial charge in [-0.25, -0.2) is 15.0 Å². The lowest BCUT2D eigenvalue weighted by Crippen LogP contribution is -2.34. The summed E-state index contributed by atoms with van der Waals surface area (Å²) in [6.07, 6.45) is 0.728. The number of aromatic nitrogens is 4. The number of ether oxygens (including phenoxy) is 1. The van der Waals surface area contributed by atoms with Crippen LogP contribution < -0.4 is 15.5 Å². The van der Waals surface area contributed by atoms with Crippen LogP contribution in [0.5, 0.6) is 0 Å². The van der Waals surface area contributed by atoms with E-state index in [1.807, 2.05) is 6.08 Å². The number of hydrogen-bond acceptors (Lipinski definition) is 12. The molecule has 4 atom stereocenters. The highest BCUT2D eigenvalue weighted by Gasteiger charge is 2.44. The van der Waals surface area contributed by atoms with Gasteiger partial charge in [-0.05, 0) is 19.3 Å². The number of aliphatic hydroxyl groups is 2. The van der Waals surface area contributed by atoms with E-state index in [1.165, 1.54) is 22.7 Å². The van der Waals surface area contributed by atoms with Crippen molar-refractivity contribution >= 4 is 36.6 Å². The highest BCUT2D eigenvalue weighted by atomic mass is 32.2. The average molecular weight is 459 g/mol. The van der Waals surface area contributed by atoms with E-state index in [1.54, 1.807) is 0 Å². The first-order chi connectivity index (χ1) is 14.2. The Hall–Kier alpha value is -1.57. The van der Waals surface area contributed by atoms with Gasteiger partial charge in [0.2, 0.25) is 0 Å². The van der Waals surface area contributed by atoms with Gasteiger partial charge in [0, 0.05) is 5.75 Å². The molecule has 0 amide bonds. The Kier molecular flexibility index (Phi) is 7.47. The van der Waals surface area contributed by atoms with Gasteiger partial charge in [0.25, 0.3) is 0 Å². The molecule has 1 aliphatic heterocycles.